The summed E-state index contributed by atoms with van der Waals surface area (Å²) in [5.41, 5.74) is 4.49. The average molecular weight is 512 g/mol. The highest BCUT2D eigenvalue weighted by atomic mass is 19.1. The molecule has 4 aromatic heterocycles. The van der Waals surface area contributed by atoms with Crippen molar-refractivity contribution in [2.24, 2.45) is 0 Å². The second kappa shape index (κ2) is 9.89. The third-order valence-corrected chi connectivity index (χ3v) is 7.04. The molecule has 1 N–H and O–H groups in total. The van der Waals surface area contributed by atoms with Crippen molar-refractivity contribution < 1.29 is 9.18 Å². The highest BCUT2D eigenvalue weighted by Crippen LogP contribution is 2.33. The van der Waals surface area contributed by atoms with E-state index in [9.17, 15) is 9.18 Å². The van der Waals surface area contributed by atoms with E-state index in [0.29, 0.717) is 24.2 Å². The first-order chi connectivity index (χ1) is 18.5. The number of halogens is 1. The van der Waals surface area contributed by atoms with Crippen molar-refractivity contribution in [3.63, 3.8) is 0 Å². The molecule has 0 bridgehead atoms. The number of hydrogen-bond donors (Lipinski definition) is 1. The zero-order valence-corrected chi connectivity index (χ0v) is 21.5. The number of nitrogens with zero attached hydrogens (tertiary/aromatic N) is 6. The Balaban J connectivity index is 1.49. The lowest BCUT2D eigenvalue weighted by atomic mass is 10.1. The molecule has 4 heterocycles. The standard InChI is InChI=1S/C29H30FN7O/c1-3-4-13-36-18-22(20-11-8-12-31-27(20)36)24-15-26(35(2)17-19-9-6-5-7-10-19)37-28(33-24)21(16-32-37)29(38)34-25-14-23(25)30/h5-12,15-16,18,23,25H,3-4,13-14,17H2,1-2H3,(H,34,38). The molecule has 1 fully saturated rings. The van der Waals surface area contributed by atoms with Crippen molar-refractivity contribution in [1.82, 2.24) is 29.5 Å². The van der Waals surface area contributed by atoms with Gasteiger partial charge in [0.25, 0.3) is 5.91 Å². The van der Waals surface area contributed by atoms with Crippen LogP contribution in [-0.4, -0.2) is 49.3 Å². The fourth-order valence-electron chi connectivity index (χ4n) is 4.84. The van der Waals surface area contributed by atoms with Gasteiger partial charge < -0.3 is 14.8 Å². The zero-order chi connectivity index (χ0) is 26.2. The van der Waals surface area contributed by atoms with Gasteiger partial charge in [-0.1, -0.05) is 43.7 Å². The number of pyridine rings is 1. The monoisotopic (exact) mass is 511 g/mol. The van der Waals surface area contributed by atoms with E-state index in [0.717, 1.165) is 53.1 Å². The molecule has 2 atom stereocenters. The SMILES string of the molecule is CCCCn1cc(-c2cc(N(C)Cc3ccccc3)n3ncc(C(=O)NC4CC4F)c3n2)c2cccnc21. The summed E-state index contributed by atoms with van der Waals surface area (Å²) in [5.74, 6) is 0.430. The fourth-order valence-corrected chi connectivity index (χ4v) is 4.84. The van der Waals surface area contributed by atoms with E-state index in [1.165, 1.54) is 6.20 Å². The number of carbonyl (C=O) groups excluding carboxylic acids is 1. The number of amides is 1. The molecule has 8 nitrogen and oxygen atoms in total. The minimum absolute atomic E-state index is 0.327. The van der Waals surface area contributed by atoms with Crippen molar-refractivity contribution in [2.45, 2.75) is 51.5 Å². The lowest BCUT2D eigenvalue weighted by molar-refractivity contribution is 0.0949. The number of nitrogens with one attached hydrogen (secondary N) is 1. The number of hydrogen-bond acceptors (Lipinski definition) is 5. The second-order valence-electron chi connectivity index (χ2n) is 9.93. The molecular formula is C29H30FN7O. The van der Waals surface area contributed by atoms with Crippen LogP contribution in [0.25, 0.3) is 27.9 Å². The minimum atomic E-state index is -0.987. The maximum atomic E-state index is 13.5. The maximum Gasteiger partial charge on any atom is 0.257 e. The van der Waals surface area contributed by atoms with Gasteiger partial charge in [-0.05, 0) is 24.1 Å². The second-order valence-corrected chi connectivity index (χ2v) is 9.93. The molecule has 1 saturated carbocycles. The van der Waals surface area contributed by atoms with Gasteiger partial charge in [-0.25, -0.2) is 14.4 Å². The summed E-state index contributed by atoms with van der Waals surface area (Å²) >= 11 is 0. The molecule has 194 valence electrons. The summed E-state index contributed by atoms with van der Waals surface area (Å²) in [6.07, 6.45) is 6.90. The Morgan fingerprint density at radius 1 is 1.18 bits per heavy atom. The van der Waals surface area contributed by atoms with Crippen LogP contribution in [0.2, 0.25) is 0 Å². The number of carbonyl (C=O) groups is 1. The fraction of sp³-hybridized carbons (Fsp3) is 0.310. The van der Waals surface area contributed by atoms with Gasteiger partial charge in [0.1, 0.15) is 23.2 Å². The molecule has 9 heteroatoms. The number of alkyl halides is 1. The first-order valence-electron chi connectivity index (χ1n) is 13.1. The molecule has 2 unspecified atom stereocenters. The number of unbranched alkanes of at least 4 members (excludes halogenated alkanes) is 1. The van der Waals surface area contributed by atoms with Gasteiger partial charge in [0.15, 0.2) is 5.65 Å². The number of aromatic nitrogens is 5. The predicted molar refractivity (Wildman–Crippen MR) is 146 cm³/mol. The van der Waals surface area contributed by atoms with E-state index in [-0.39, 0.29) is 5.91 Å². The summed E-state index contributed by atoms with van der Waals surface area (Å²) in [4.78, 5) is 24.8. The first-order valence-corrected chi connectivity index (χ1v) is 13.1. The molecule has 1 aromatic carbocycles. The van der Waals surface area contributed by atoms with Crippen molar-refractivity contribution in [3.8, 4) is 11.3 Å². The quantitative estimate of drug-likeness (QED) is 0.301. The van der Waals surface area contributed by atoms with E-state index in [1.807, 2.05) is 37.4 Å². The van der Waals surface area contributed by atoms with Crippen molar-refractivity contribution in [3.05, 3.63) is 78.2 Å². The summed E-state index contributed by atoms with van der Waals surface area (Å²) in [5, 5.41) is 8.30. The summed E-state index contributed by atoms with van der Waals surface area (Å²) in [7, 11) is 2.00. The Kier molecular flexibility index (Phi) is 6.27. The number of fused-ring (bicyclic) bond motifs is 2. The van der Waals surface area contributed by atoms with Gasteiger partial charge in [-0.15, -0.1) is 0 Å². The normalized spacial score (nSPS) is 16.7. The molecule has 0 radical (unpaired) electrons. The molecule has 5 aromatic rings. The number of benzene rings is 1. The number of aryl methyl sites for hydroxylation is 1. The van der Waals surface area contributed by atoms with Crippen LogP contribution in [0.15, 0.2) is 67.1 Å². The Labute approximate surface area is 220 Å². The lowest BCUT2D eigenvalue weighted by Crippen LogP contribution is -2.27. The summed E-state index contributed by atoms with van der Waals surface area (Å²) in [6.45, 7) is 3.68. The largest absolute Gasteiger partial charge is 0.355 e. The zero-order valence-electron chi connectivity index (χ0n) is 21.5. The summed E-state index contributed by atoms with van der Waals surface area (Å²) < 4.78 is 17.4. The number of rotatable bonds is 9. The molecule has 1 amide bonds. The smallest absolute Gasteiger partial charge is 0.257 e. The van der Waals surface area contributed by atoms with Gasteiger partial charge >= 0.3 is 0 Å². The van der Waals surface area contributed by atoms with Crippen LogP contribution in [0.4, 0.5) is 10.2 Å². The van der Waals surface area contributed by atoms with Crippen LogP contribution in [0.1, 0.15) is 42.1 Å². The van der Waals surface area contributed by atoms with E-state index < -0.39 is 12.2 Å². The molecule has 1 aliphatic carbocycles. The van der Waals surface area contributed by atoms with Gasteiger partial charge in [0, 0.05) is 56.0 Å². The van der Waals surface area contributed by atoms with Crippen LogP contribution < -0.4 is 10.2 Å². The van der Waals surface area contributed by atoms with Crippen molar-refractivity contribution >= 4 is 28.4 Å². The van der Waals surface area contributed by atoms with Crippen LogP contribution in [0.3, 0.4) is 0 Å². The Bertz CT molecular complexity index is 1610. The Hall–Kier alpha value is -4.27. The molecular weight excluding hydrogens is 481 g/mol. The molecule has 6 rings (SSSR count). The molecule has 0 saturated heterocycles. The van der Waals surface area contributed by atoms with Gasteiger partial charge in [0.2, 0.25) is 0 Å². The van der Waals surface area contributed by atoms with Gasteiger partial charge in [-0.3, -0.25) is 4.79 Å². The van der Waals surface area contributed by atoms with Crippen LogP contribution in [0, 0.1) is 0 Å². The van der Waals surface area contributed by atoms with E-state index in [2.05, 4.69) is 56.2 Å². The average Bonchev–Trinajstić information content (AvgIpc) is 3.31. The van der Waals surface area contributed by atoms with Crippen molar-refractivity contribution in [2.75, 3.05) is 11.9 Å². The Morgan fingerprint density at radius 2 is 2.00 bits per heavy atom. The first kappa shape index (κ1) is 24.1. The Morgan fingerprint density at radius 3 is 2.76 bits per heavy atom. The third-order valence-electron chi connectivity index (χ3n) is 7.04. The predicted octanol–water partition coefficient (Wildman–Crippen LogP) is 5.02. The van der Waals surface area contributed by atoms with Gasteiger partial charge in [-0.2, -0.15) is 9.61 Å². The van der Waals surface area contributed by atoms with E-state index in [4.69, 9.17) is 4.98 Å². The molecule has 0 spiro atoms. The van der Waals surface area contributed by atoms with Crippen molar-refractivity contribution in [1.29, 1.82) is 0 Å². The van der Waals surface area contributed by atoms with E-state index >= 15 is 0 Å². The highest BCUT2D eigenvalue weighted by Gasteiger charge is 2.39. The topological polar surface area (TPSA) is 80.4 Å². The van der Waals surface area contributed by atoms with E-state index in [1.54, 1.807) is 10.7 Å². The molecule has 38 heavy (non-hydrogen) atoms. The van der Waals surface area contributed by atoms with Crippen LogP contribution >= 0.6 is 0 Å². The van der Waals surface area contributed by atoms with Gasteiger partial charge in [0.05, 0.1) is 17.9 Å². The molecule has 1 aliphatic rings. The van der Waals surface area contributed by atoms with Crippen LogP contribution in [0.5, 0.6) is 0 Å². The highest BCUT2D eigenvalue weighted by molar-refractivity contribution is 6.01. The lowest BCUT2D eigenvalue weighted by Gasteiger charge is -2.21. The summed E-state index contributed by atoms with van der Waals surface area (Å²) in [6, 6.07) is 15.7. The number of anilines is 1. The maximum absolute atomic E-state index is 13.5. The minimum Gasteiger partial charge on any atom is -0.355 e. The third kappa shape index (κ3) is 4.49. The van der Waals surface area contributed by atoms with Crippen LogP contribution in [-0.2, 0) is 13.1 Å². The molecule has 0 aliphatic heterocycles.